The van der Waals surface area contributed by atoms with Gasteiger partial charge in [0.25, 0.3) is 0 Å². The molecule has 5 heteroatoms. The predicted octanol–water partition coefficient (Wildman–Crippen LogP) is 1.11. The molecule has 0 bridgehead atoms. The molecule has 0 spiro atoms. The summed E-state index contributed by atoms with van der Waals surface area (Å²) in [6.07, 6.45) is 1.40. The number of aryl methyl sites for hydroxylation is 2. The minimum Gasteiger partial charge on any atom is -0.394 e. The number of hydrogen-bond donors (Lipinski definition) is 2. The fraction of sp³-hybridized carbons (Fsp3) is 0.500. The Balaban J connectivity index is 2.35. The summed E-state index contributed by atoms with van der Waals surface area (Å²) in [7, 11) is -3.53. The second kappa shape index (κ2) is 4.08. The van der Waals surface area contributed by atoms with Crippen LogP contribution in [-0.4, -0.2) is 25.7 Å². The number of aliphatic hydroxyl groups is 1. The predicted molar refractivity (Wildman–Crippen MR) is 65.3 cm³/mol. The molecule has 1 fully saturated rings. The molecule has 1 saturated carbocycles. The van der Waals surface area contributed by atoms with Gasteiger partial charge in [-0.1, -0.05) is 12.1 Å². The normalized spacial score (nSPS) is 18.1. The summed E-state index contributed by atoms with van der Waals surface area (Å²) in [6.45, 7) is 3.49. The first-order valence-corrected chi connectivity index (χ1v) is 7.09. The summed E-state index contributed by atoms with van der Waals surface area (Å²) in [5.41, 5.74) is 1.01. The molecule has 0 radical (unpaired) electrons. The third-order valence-electron chi connectivity index (χ3n) is 3.14. The maximum atomic E-state index is 12.2. The van der Waals surface area contributed by atoms with Gasteiger partial charge in [-0.25, -0.2) is 13.1 Å². The average molecular weight is 255 g/mol. The Hall–Kier alpha value is -0.910. The zero-order valence-corrected chi connectivity index (χ0v) is 10.8. The molecule has 94 valence electrons. The summed E-state index contributed by atoms with van der Waals surface area (Å²) >= 11 is 0. The van der Waals surface area contributed by atoms with E-state index in [1.165, 1.54) is 0 Å². The minimum atomic E-state index is -3.53. The molecule has 0 atom stereocenters. The van der Waals surface area contributed by atoms with Crippen molar-refractivity contribution in [2.24, 2.45) is 0 Å². The number of aliphatic hydroxyl groups excluding tert-OH is 1. The lowest BCUT2D eigenvalue weighted by atomic mass is 10.2. The number of sulfonamides is 1. The number of benzene rings is 1. The van der Waals surface area contributed by atoms with E-state index < -0.39 is 15.6 Å². The first-order valence-electron chi connectivity index (χ1n) is 5.61. The molecule has 2 N–H and O–H groups in total. The van der Waals surface area contributed by atoms with Crippen LogP contribution in [0.15, 0.2) is 23.1 Å². The smallest absolute Gasteiger partial charge is 0.241 e. The quantitative estimate of drug-likeness (QED) is 0.847. The van der Waals surface area contributed by atoms with Crippen molar-refractivity contribution in [3.05, 3.63) is 29.3 Å². The summed E-state index contributed by atoms with van der Waals surface area (Å²) in [6, 6.07) is 5.33. The van der Waals surface area contributed by atoms with Crippen LogP contribution < -0.4 is 4.72 Å². The third-order valence-corrected chi connectivity index (χ3v) is 4.86. The number of hydrogen-bond acceptors (Lipinski definition) is 3. The van der Waals surface area contributed by atoms with Crippen molar-refractivity contribution >= 4 is 10.0 Å². The van der Waals surface area contributed by atoms with Crippen molar-refractivity contribution in [3.63, 3.8) is 0 Å². The van der Waals surface area contributed by atoms with Crippen LogP contribution in [0.1, 0.15) is 24.0 Å². The van der Waals surface area contributed by atoms with Crippen LogP contribution in [0, 0.1) is 13.8 Å². The van der Waals surface area contributed by atoms with E-state index >= 15 is 0 Å². The first-order chi connectivity index (χ1) is 7.88. The van der Waals surface area contributed by atoms with E-state index in [-0.39, 0.29) is 6.61 Å². The highest BCUT2D eigenvalue weighted by Gasteiger charge is 2.45. The topological polar surface area (TPSA) is 66.4 Å². The van der Waals surface area contributed by atoms with Crippen LogP contribution >= 0.6 is 0 Å². The fourth-order valence-electron chi connectivity index (χ4n) is 1.78. The van der Waals surface area contributed by atoms with Crippen molar-refractivity contribution in [1.82, 2.24) is 4.72 Å². The third kappa shape index (κ3) is 2.51. The van der Waals surface area contributed by atoms with Gasteiger partial charge in [0.1, 0.15) is 0 Å². The van der Waals surface area contributed by atoms with Gasteiger partial charge in [0, 0.05) is 0 Å². The molecule has 0 amide bonds. The molecule has 0 unspecified atom stereocenters. The Bertz CT molecular complexity index is 533. The van der Waals surface area contributed by atoms with E-state index in [0.29, 0.717) is 17.7 Å². The molecule has 0 saturated heterocycles. The van der Waals surface area contributed by atoms with E-state index in [1.807, 2.05) is 13.0 Å². The lowest BCUT2D eigenvalue weighted by molar-refractivity contribution is 0.246. The van der Waals surface area contributed by atoms with Gasteiger partial charge >= 0.3 is 0 Å². The minimum absolute atomic E-state index is 0.142. The largest absolute Gasteiger partial charge is 0.394 e. The Morgan fingerprint density at radius 1 is 1.35 bits per heavy atom. The van der Waals surface area contributed by atoms with Crippen molar-refractivity contribution in [1.29, 1.82) is 0 Å². The lowest BCUT2D eigenvalue weighted by Gasteiger charge is -2.16. The molecule has 1 aliphatic rings. The molecule has 1 aromatic carbocycles. The van der Waals surface area contributed by atoms with E-state index in [4.69, 9.17) is 5.11 Å². The monoisotopic (exact) mass is 255 g/mol. The summed E-state index contributed by atoms with van der Waals surface area (Å²) < 4.78 is 27.0. The molecule has 1 aromatic rings. The van der Waals surface area contributed by atoms with Gasteiger partial charge in [-0.05, 0) is 43.9 Å². The maximum absolute atomic E-state index is 12.2. The van der Waals surface area contributed by atoms with E-state index in [2.05, 4.69) is 4.72 Å². The Morgan fingerprint density at radius 2 is 2.00 bits per heavy atom. The highest BCUT2D eigenvalue weighted by molar-refractivity contribution is 7.89. The van der Waals surface area contributed by atoms with Crippen LogP contribution in [0.3, 0.4) is 0 Å². The Labute approximate surface area is 102 Å². The molecule has 17 heavy (non-hydrogen) atoms. The standard InChI is InChI=1S/C12H17NO3S/c1-9-3-4-10(2)11(7-9)17(15,16)13-12(8-14)5-6-12/h3-4,7,13-14H,5-6,8H2,1-2H3. The summed E-state index contributed by atoms with van der Waals surface area (Å²) in [4.78, 5) is 0.303. The molecule has 0 aromatic heterocycles. The Kier molecular flexibility index (Phi) is 3.01. The lowest BCUT2D eigenvalue weighted by Crippen LogP contribution is -2.39. The first kappa shape index (κ1) is 12.5. The number of rotatable bonds is 4. The molecule has 0 aliphatic heterocycles. The van der Waals surface area contributed by atoms with Crippen molar-refractivity contribution in [2.45, 2.75) is 37.1 Å². The van der Waals surface area contributed by atoms with Gasteiger partial charge in [0.2, 0.25) is 10.0 Å². The summed E-state index contributed by atoms with van der Waals surface area (Å²) in [5, 5.41) is 9.16. The highest BCUT2D eigenvalue weighted by Crippen LogP contribution is 2.36. The zero-order valence-electron chi connectivity index (χ0n) is 10.0. The van der Waals surface area contributed by atoms with Crippen molar-refractivity contribution in [2.75, 3.05) is 6.61 Å². The van der Waals surface area contributed by atoms with Crippen LogP contribution in [-0.2, 0) is 10.0 Å². The summed E-state index contributed by atoms with van der Waals surface area (Å²) in [5.74, 6) is 0. The zero-order chi connectivity index (χ0) is 12.7. The second-order valence-electron chi connectivity index (χ2n) is 4.81. The highest BCUT2D eigenvalue weighted by atomic mass is 32.2. The molecule has 1 aliphatic carbocycles. The van der Waals surface area contributed by atoms with Gasteiger partial charge in [0.15, 0.2) is 0 Å². The fourth-order valence-corrected chi connectivity index (χ4v) is 3.56. The molecular formula is C12H17NO3S. The molecule has 0 heterocycles. The van der Waals surface area contributed by atoms with Gasteiger partial charge in [-0.15, -0.1) is 0 Å². The van der Waals surface area contributed by atoms with Gasteiger partial charge < -0.3 is 5.11 Å². The maximum Gasteiger partial charge on any atom is 0.241 e. The number of nitrogens with one attached hydrogen (secondary N) is 1. The van der Waals surface area contributed by atoms with Crippen molar-refractivity contribution in [3.8, 4) is 0 Å². The average Bonchev–Trinajstić information content (AvgIpc) is 3.01. The Morgan fingerprint density at radius 3 is 2.53 bits per heavy atom. The second-order valence-corrected chi connectivity index (χ2v) is 6.46. The van der Waals surface area contributed by atoms with E-state index in [9.17, 15) is 8.42 Å². The van der Waals surface area contributed by atoms with Gasteiger partial charge in [-0.2, -0.15) is 0 Å². The molecular weight excluding hydrogens is 238 g/mol. The van der Waals surface area contributed by atoms with Gasteiger partial charge in [0.05, 0.1) is 17.0 Å². The van der Waals surface area contributed by atoms with E-state index in [0.717, 1.165) is 11.1 Å². The molecule has 2 rings (SSSR count). The van der Waals surface area contributed by atoms with Crippen molar-refractivity contribution < 1.29 is 13.5 Å². The SMILES string of the molecule is Cc1ccc(C)c(S(=O)(=O)NC2(CO)CC2)c1. The van der Waals surface area contributed by atoms with Crippen LogP contribution in [0.5, 0.6) is 0 Å². The molecule has 4 nitrogen and oxygen atoms in total. The van der Waals surface area contributed by atoms with Crippen LogP contribution in [0.4, 0.5) is 0 Å². The van der Waals surface area contributed by atoms with E-state index in [1.54, 1.807) is 19.1 Å². The van der Waals surface area contributed by atoms with Crippen LogP contribution in [0.2, 0.25) is 0 Å². The van der Waals surface area contributed by atoms with Gasteiger partial charge in [-0.3, -0.25) is 0 Å². The van der Waals surface area contributed by atoms with Crippen LogP contribution in [0.25, 0.3) is 0 Å².